The van der Waals surface area contributed by atoms with Crippen molar-refractivity contribution < 1.29 is 5.11 Å². The molecule has 1 fully saturated rings. The highest BCUT2D eigenvalue weighted by atomic mass is 35.5. The summed E-state index contributed by atoms with van der Waals surface area (Å²) in [5.74, 6) is 0.380. The summed E-state index contributed by atoms with van der Waals surface area (Å²) >= 11 is 5.98. The highest BCUT2D eigenvalue weighted by Crippen LogP contribution is 2.36. The molecule has 0 spiro atoms. The van der Waals surface area contributed by atoms with E-state index in [-0.39, 0.29) is 0 Å². The van der Waals surface area contributed by atoms with E-state index < -0.39 is 5.60 Å². The zero-order valence-corrected chi connectivity index (χ0v) is 12.3. The molecule has 1 saturated heterocycles. The van der Waals surface area contributed by atoms with Gasteiger partial charge in [0, 0.05) is 24.3 Å². The molecule has 1 atom stereocenters. The molecule has 19 heavy (non-hydrogen) atoms. The number of hydrogen-bond donors (Lipinski definition) is 2. The van der Waals surface area contributed by atoms with Crippen LogP contribution >= 0.6 is 11.6 Å². The molecule has 3 N–H and O–H groups in total. The Balaban J connectivity index is 2.25. The van der Waals surface area contributed by atoms with E-state index in [1.54, 1.807) is 6.07 Å². The smallest absolute Gasteiger partial charge is 0.129 e. The first-order chi connectivity index (χ1) is 8.92. The van der Waals surface area contributed by atoms with Crippen LogP contribution in [0.5, 0.6) is 0 Å². The number of anilines is 1. The fourth-order valence-corrected chi connectivity index (χ4v) is 2.91. The van der Waals surface area contributed by atoms with Crippen LogP contribution in [-0.4, -0.2) is 34.1 Å². The standard InChI is InChI=1S/C14H22ClN3O/c1-10(2)18-6-3-4-14(19,5-7-18)12-8-11(15)9-17-13(12)16/h8-10,19H,3-7H2,1-2H3,(H2,16,17). The molecule has 4 nitrogen and oxygen atoms in total. The molecule has 0 aliphatic carbocycles. The van der Waals surface area contributed by atoms with E-state index in [0.717, 1.165) is 19.5 Å². The van der Waals surface area contributed by atoms with Crippen molar-refractivity contribution in [1.82, 2.24) is 9.88 Å². The van der Waals surface area contributed by atoms with Crippen LogP contribution in [0, 0.1) is 0 Å². The van der Waals surface area contributed by atoms with Gasteiger partial charge in [0.25, 0.3) is 0 Å². The second-order valence-corrected chi connectivity index (χ2v) is 6.04. The van der Waals surface area contributed by atoms with Crippen LogP contribution in [-0.2, 0) is 5.60 Å². The van der Waals surface area contributed by atoms with Crippen molar-refractivity contribution in [3.8, 4) is 0 Å². The van der Waals surface area contributed by atoms with Crippen LogP contribution in [0.25, 0.3) is 0 Å². The van der Waals surface area contributed by atoms with E-state index in [1.807, 2.05) is 0 Å². The van der Waals surface area contributed by atoms with Gasteiger partial charge < -0.3 is 15.7 Å². The Kier molecular flexibility index (Phi) is 4.33. The number of nitrogen functional groups attached to an aromatic ring is 1. The average molecular weight is 284 g/mol. The van der Waals surface area contributed by atoms with Gasteiger partial charge in [-0.15, -0.1) is 0 Å². The molecule has 1 aromatic rings. The molecule has 0 radical (unpaired) electrons. The van der Waals surface area contributed by atoms with Gasteiger partial charge in [0.1, 0.15) is 5.82 Å². The van der Waals surface area contributed by atoms with Crippen molar-refractivity contribution in [3.63, 3.8) is 0 Å². The fourth-order valence-electron chi connectivity index (χ4n) is 2.75. The quantitative estimate of drug-likeness (QED) is 0.875. The van der Waals surface area contributed by atoms with Gasteiger partial charge in [-0.2, -0.15) is 0 Å². The van der Waals surface area contributed by atoms with Gasteiger partial charge in [0.05, 0.1) is 10.6 Å². The Bertz CT molecular complexity index is 452. The Labute approximate surface area is 119 Å². The highest BCUT2D eigenvalue weighted by molar-refractivity contribution is 6.30. The Morgan fingerprint density at radius 3 is 2.84 bits per heavy atom. The number of rotatable bonds is 2. The topological polar surface area (TPSA) is 62.4 Å². The van der Waals surface area contributed by atoms with Crippen LogP contribution in [0.15, 0.2) is 12.3 Å². The molecule has 2 heterocycles. The first-order valence-corrected chi connectivity index (χ1v) is 7.18. The predicted octanol–water partition coefficient (Wildman–Crippen LogP) is 2.40. The van der Waals surface area contributed by atoms with Crippen molar-refractivity contribution in [2.75, 3.05) is 18.8 Å². The molecule has 0 bridgehead atoms. The zero-order valence-electron chi connectivity index (χ0n) is 11.6. The van der Waals surface area contributed by atoms with Gasteiger partial charge in [-0.1, -0.05) is 11.6 Å². The third-order valence-electron chi connectivity index (χ3n) is 3.97. The number of hydrogen-bond acceptors (Lipinski definition) is 4. The summed E-state index contributed by atoms with van der Waals surface area (Å²) in [5, 5.41) is 11.4. The molecule has 0 saturated carbocycles. The Morgan fingerprint density at radius 2 is 2.16 bits per heavy atom. The molecular weight excluding hydrogens is 262 g/mol. The van der Waals surface area contributed by atoms with Crippen molar-refractivity contribution in [2.24, 2.45) is 0 Å². The number of aliphatic hydroxyl groups is 1. The summed E-state index contributed by atoms with van der Waals surface area (Å²) in [7, 11) is 0. The first-order valence-electron chi connectivity index (χ1n) is 6.80. The van der Waals surface area contributed by atoms with E-state index in [0.29, 0.717) is 35.3 Å². The number of aromatic nitrogens is 1. The summed E-state index contributed by atoms with van der Waals surface area (Å²) in [6, 6.07) is 2.24. The lowest BCUT2D eigenvalue weighted by atomic mass is 9.87. The molecular formula is C14H22ClN3O. The van der Waals surface area contributed by atoms with Crippen molar-refractivity contribution in [3.05, 3.63) is 22.8 Å². The van der Waals surface area contributed by atoms with E-state index in [9.17, 15) is 5.11 Å². The number of nitrogens with zero attached hydrogens (tertiary/aromatic N) is 2. The SMILES string of the molecule is CC(C)N1CCCC(O)(c2cc(Cl)cnc2N)CC1. The van der Waals surface area contributed by atoms with Gasteiger partial charge >= 0.3 is 0 Å². The van der Waals surface area contributed by atoms with Gasteiger partial charge in [0.15, 0.2) is 0 Å². The summed E-state index contributed by atoms with van der Waals surface area (Å²) in [4.78, 5) is 6.44. The van der Waals surface area contributed by atoms with E-state index in [4.69, 9.17) is 17.3 Å². The normalized spacial score (nSPS) is 25.5. The molecule has 0 amide bonds. The maximum Gasteiger partial charge on any atom is 0.129 e. The largest absolute Gasteiger partial charge is 0.385 e. The monoisotopic (exact) mass is 283 g/mol. The van der Waals surface area contributed by atoms with Gasteiger partial charge in [0.2, 0.25) is 0 Å². The van der Waals surface area contributed by atoms with Gasteiger partial charge in [-0.3, -0.25) is 0 Å². The Morgan fingerprint density at radius 1 is 1.42 bits per heavy atom. The van der Waals surface area contributed by atoms with Crippen molar-refractivity contribution >= 4 is 17.4 Å². The summed E-state index contributed by atoms with van der Waals surface area (Å²) in [6.07, 6.45) is 3.82. The van der Waals surface area contributed by atoms with Crippen LogP contribution in [0.3, 0.4) is 0 Å². The third-order valence-corrected chi connectivity index (χ3v) is 4.17. The van der Waals surface area contributed by atoms with E-state index in [1.165, 1.54) is 6.20 Å². The first kappa shape index (κ1) is 14.6. The Hall–Kier alpha value is -0.840. The molecule has 0 aromatic carbocycles. The summed E-state index contributed by atoms with van der Waals surface area (Å²) in [6.45, 7) is 6.23. The lowest BCUT2D eigenvalue weighted by Gasteiger charge is -2.29. The minimum atomic E-state index is -0.911. The van der Waals surface area contributed by atoms with Gasteiger partial charge in [-0.05, 0) is 45.7 Å². The number of halogens is 1. The molecule has 1 unspecified atom stereocenters. The summed E-state index contributed by atoms with van der Waals surface area (Å²) in [5.41, 5.74) is 5.67. The maximum absolute atomic E-state index is 10.9. The second-order valence-electron chi connectivity index (χ2n) is 5.60. The van der Waals surface area contributed by atoms with Crippen LogP contribution in [0.1, 0.15) is 38.7 Å². The molecule has 1 aromatic heterocycles. The molecule has 5 heteroatoms. The zero-order chi connectivity index (χ0) is 14.0. The number of likely N-dealkylation sites (tertiary alicyclic amines) is 1. The maximum atomic E-state index is 10.9. The van der Waals surface area contributed by atoms with E-state index in [2.05, 4.69) is 23.7 Å². The van der Waals surface area contributed by atoms with E-state index >= 15 is 0 Å². The van der Waals surface area contributed by atoms with Gasteiger partial charge in [-0.25, -0.2) is 4.98 Å². The minimum absolute atomic E-state index is 0.380. The number of pyridine rings is 1. The number of nitrogens with two attached hydrogens (primary N) is 1. The van der Waals surface area contributed by atoms with Crippen molar-refractivity contribution in [2.45, 2.75) is 44.8 Å². The van der Waals surface area contributed by atoms with Crippen LogP contribution < -0.4 is 5.73 Å². The second kappa shape index (κ2) is 5.65. The average Bonchev–Trinajstić information content (AvgIpc) is 2.55. The summed E-state index contributed by atoms with van der Waals surface area (Å²) < 4.78 is 0. The lowest BCUT2D eigenvalue weighted by molar-refractivity contribution is 0.0209. The molecule has 1 aliphatic heterocycles. The predicted molar refractivity (Wildman–Crippen MR) is 78.1 cm³/mol. The lowest BCUT2D eigenvalue weighted by Crippen LogP contribution is -2.33. The highest BCUT2D eigenvalue weighted by Gasteiger charge is 2.34. The minimum Gasteiger partial charge on any atom is -0.385 e. The van der Waals surface area contributed by atoms with Crippen LogP contribution in [0.2, 0.25) is 5.02 Å². The molecule has 2 rings (SSSR count). The van der Waals surface area contributed by atoms with Crippen LogP contribution in [0.4, 0.5) is 5.82 Å². The fraction of sp³-hybridized carbons (Fsp3) is 0.643. The molecule has 1 aliphatic rings. The van der Waals surface area contributed by atoms with Crippen molar-refractivity contribution in [1.29, 1.82) is 0 Å². The third kappa shape index (κ3) is 3.19. The molecule has 106 valence electrons.